The number of fused-ring (bicyclic) bond motifs is 1. The second kappa shape index (κ2) is 6.10. The van der Waals surface area contributed by atoms with Crippen LogP contribution in [0.1, 0.15) is 42.9 Å². The van der Waals surface area contributed by atoms with Crippen molar-refractivity contribution in [3.05, 3.63) is 58.1 Å². The first-order valence-electron chi connectivity index (χ1n) is 7.38. The summed E-state index contributed by atoms with van der Waals surface area (Å²) in [5, 5.41) is 3.67. The minimum absolute atomic E-state index is 0.362. The van der Waals surface area contributed by atoms with Gasteiger partial charge < -0.3 is 10.1 Å². The lowest BCUT2D eigenvalue weighted by Gasteiger charge is -2.31. The van der Waals surface area contributed by atoms with Crippen LogP contribution in [0, 0.1) is 0 Å². The lowest BCUT2D eigenvalue weighted by Crippen LogP contribution is -2.19. The van der Waals surface area contributed by atoms with Crippen LogP contribution >= 0.6 is 15.9 Å². The summed E-state index contributed by atoms with van der Waals surface area (Å²) in [6, 6.07) is 15.2. The van der Waals surface area contributed by atoms with Crippen molar-refractivity contribution in [2.24, 2.45) is 0 Å². The zero-order valence-electron chi connectivity index (χ0n) is 12.4. The quantitative estimate of drug-likeness (QED) is 0.791. The Balaban J connectivity index is 1.91. The summed E-state index contributed by atoms with van der Waals surface area (Å²) in [7, 11) is 1.70. The Bertz CT molecular complexity index is 641. The van der Waals surface area contributed by atoms with Gasteiger partial charge in [-0.1, -0.05) is 31.2 Å². The Labute approximate surface area is 134 Å². The lowest BCUT2D eigenvalue weighted by atomic mass is 9.81. The molecule has 0 heterocycles. The predicted octanol–water partition coefficient (Wildman–Crippen LogP) is 5.51. The molecule has 0 spiro atoms. The van der Waals surface area contributed by atoms with Crippen LogP contribution in [0.3, 0.4) is 0 Å². The normalized spacial score (nSPS) is 20.7. The third-order valence-corrected chi connectivity index (χ3v) is 4.99. The van der Waals surface area contributed by atoms with Gasteiger partial charge in [-0.2, -0.15) is 0 Å². The van der Waals surface area contributed by atoms with E-state index in [1.54, 1.807) is 7.11 Å². The highest BCUT2D eigenvalue weighted by atomic mass is 79.9. The highest BCUT2D eigenvalue weighted by molar-refractivity contribution is 9.10. The summed E-state index contributed by atoms with van der Waals surface area (Å²) in [5.41, 5.74) is 3.98. The summed E-state index contributed by atoms with van der Waals surface area (Å²) in [6.45, 7) is 2.32. The molecule has 21 heavy (non-hydrogen) atoms. The summed E-state index contributed by atoms with van der Waals surface area (Å²) in [5.74, 6) is 1.52. The molecule has 0 radical (unpaired) electrons. The number of nitrogens with one attached hydrogen (secondary N) is 1. The molecule has 3 heteroatoms. The highest BCUT2D eigenvalue weighted by Gasteiger charge is 2.24. The van der Waals surface area contributed by atoms with E-state index in [1.807, 2.05) is 18.2 Å². The van der Waals surface area contributed by atoms with Crippen molar-refractivity contribution in [3.8, 4) is 5.75 Å². The van der Waals surface area contributed by atoms with Crippen molar-refractivity contribution in [1.29, 1.82) is 0 Å². The molecule has 2 unspecified atom stereocenters. The first-order valence-corrected chi connectivity index (χ1v) is 8.17. The second-order valence-corrected chi connectivity index (χ2v) is 6.50. The van der Waals surface area contributed by atoms with E-state index in [2.05, 4.69) is 52.4 Å². The molecule has 0 saturated heterocycles. The fourth-order valence-corrected chi connectivity index (χ4v) is 3.45. The van der Waals surface area contributed by atoms with Crippen LogP contribution in [0.15, 0.2) is 46.9 Å². The molecule has 2 aromatic carbocycles. The fourth-order valence-electron chi connectivity index (χ4n) is 3.08. The maximum absolute atomic E-state index is 5.32. The SMILES string of the molecule is COc1ccc(Br)c(NC2CCC(C)c3ccccc32)c1. The maximum Gasteiger partial charge on any atom is 0.121 e. The average molecular weight is 346 g/mol. The Morgan fingerprint density at radius 2 is 1.86 bits per heavy atom. The van der Waals surface area contributed by atoms with Crippen molar-refractivity contribution in [1.82, 2.24) is 0 Å². The van der Waals surface area contributed by atoms with E-state index in [4.69, 9.17) is 4.74 Å². The molecule has 1 aliphatic carbocycles. The summed E-state index contributed by atoms with van der Waals surface area (Å²) in [6.07, 6.45) is 2.37. The van der Waals surface area contributed by atoms with Gasteiger partial charge in [0.25, 0.3) is 0 Å². The Morgan fingerprint density at radius 1 is 1.10 bits per heavy atom. The molecule has 0 aromatic heterocycles. The van der Waals surface area contributed by atoms with Crippen molar-refractivity contribution >= 4 is 21.6 Å². The van der Waals surface area contributed by atoms with E-state index >= 15 is 0 Å². The van der Waals surface area contributed by atoms with Gasteiger partial charge in [-0.3, -0.25) is 0 Å². The number of halogens is 1. The van der Waals surface area contributed by atoms with Gasteiger partial charge in [0.05, 0.1) is 18.8 Å². The molecular formula is C18H20BrNO. The van der Waals surface area contributed by atoms with E-state index < -0.39 is 0 Å². The highest BCUT2D eigenvalue weighted by Crippen LogP contribution is 2.40. The number of ether oxygens (including phenoxy) is 1. The predicted molar refractivity (Wildman–Crippen MR) is 91.1 cm³/mol. The van der Waals surface area contributed by atoms with Crippen LogP contribution in [-0.2, 0) is 0 Å². The molecule has 2 aromatic rings. The molecule has 0 fully saturated rings. The van der Waals surface area contributed by atoms with Crippen molar-refractivity contribution in [2.75, 3.05) is 12.4 Å². The third-order valence-electron chi connectivity index (χ3n) is 4.29. The molecule has 110 valence electrons. The summed E-state index contributed by atoms with van der Waals surface area (Å²) in [4.78, 5) is 0. The second-order valence-electron chi connectivity index (χ2n) is 5.65. The number of methoxy groups -OCH3 is 1. The lowest BCUT2D eigenvalue weighted by molar-refractivity contribution is 0.415. The molecular weight excluding hydrogens is 326 g/mol. The summed E-state index contributed by atoms with van der Waals surface area (Å²) >= 11 is 3.62. The van der Waals surface area contributed by atoms with Crippen LogP contribution in [0.2, 0.25) is 0 Å². The average Bonchev–Trinajstić information content (AvgIpc) is 2.52. The number of benzene rings is 2. The van der Waals surface area contributed by atoms with Gasteiger partial charge >= 0.3 is 0 Å². The minimum atomic E-state index is 0.362. The van der Waals surface area contributed by atoms with Crippen molar-refractivity contribution in [2.45, 2.75) is 31.7 Å². The molecule has 1 N–H and O–H groups in total. The number of hydrogen-bond acceptors (Lipinski definition) is 2. The molecule has 1 aliphatic rings. The smallest absolute Gasteiger partial charge is 0.121 e. The van der Waals surface area contributed by atoms with E-state index in [9.17, 15) is 0 Å². The third kappa shape index (κ3) is 2.93. The van der Waals surface area contributed by atoms with Crippen LogP contribution in [0.25, 0.3) is 0 Å². The van der Waals surface area contributed by atoms with Gasteiger partial charge in [0.2, 0.25) is 0 Å². The zero-order valence-corrected chi connectivity index (χ0v) is 14.0. The number of hydrogen-bond donors (Lipinski definition) is 1. The number of anilines is 1. The first-order chi connectivity index (χ1) is 10.2. The molecule has 0 bridgehead atoms. The monoisotopic (exact) mass is 345 g/mol. The topological polar surface area (TPSA) is 21.3 Å². The van der Waals surface area contributed by atoms with E-state index in [0.29, 0.717) is 12.0 Å². The fraction of sp³-hybridized carbons (Fsp3) is 0.333. The van der Waals surface area contributed by atoms with Crippen LogP contribution in [0.5, 0.6) is 5.75 Å². The van der Waals surface area contributed by atoms with E-state index in [0.717, 1.165) is 22.3 Å². The van der Waals surface area contributed by atoms with E-state index in [1.165, 1.54) is 17.5 Å². The molecule has 2 atom stereocenters. The Hall–Kier alpha value is -1.48. The molecule has 3 rings (SSSR count). The molecule has 0 aliphatic heterocycles. The molecule has 0 saturated carbocycles. The van der Waals surface area contributed by atoms with Crippen LogP contribution < -0.4 is 10.1 Å². The Morgan fingerprint density at radius 3 is 2.62 bits per heavy atom. The minimum Gasteiger partial charge on any atom is -0.497 e. The van der Waals surface area contributed by atoms with Crippen molar-refractivity contribution in [3.63, 3.8) is 0 Å². The zero-order chi connectivity index (χ0) is 14.8. The first kappa shape index (κ1) is 14.5. The standard InChI is InChI=1S/C18H20BrNO/c1-12-7-10-17(15-6-4-3-5-14(12)15)20-18-11-13(21-2)8-9-16(18)19/h3-6,8-9,11-12,17,20H,7,10H2,1-2H3. The van der Waals surface area contributed by atoms with Crippen LogP contribution in [0.4, 0.5) is 5.69 Å². The number of rotatable bonds is 3. The van der Waals surface area contributed by atoms with E-state index in [-0.39, 0.29) is 0 Å². The van der Waals surface area contributed by atoms with Gasteiger partial charge in [-0.05, 0) is 57.9 Å². The van der Waals surface area contributed by atoms with Gasteiger partial charge in [-0.15, -0.1) is 0 Å². The maximum atomic E-state index is 5.32. The van der Waals surface area contributed by atoms with Crippen LogP contribution in [-0.4, -0.2) is 7.11 Å². The summed E-state index contributed by atoms with van der Waals surface area (Å²) < 4.78 is 6.39. The molecule has 2 nitrogen and oxygen atoms in total. The van der Waals surface area contributed by atoms with Gasteiger partial charge in [0.15, 0.2) is 0 Å². The van der Waals surface area contributed by atoms with Gasteiger partial charge in [0.1, 0.15) is 5.75 Å². The Kier molecular flexibility index (Phi) is 4.20. The molecule has 0 amide bonds. The van der Waals surface area contributed by atoms with Crippen molar-refractivity contribution < 1.29 is 4.74 Å². The van der Waals surface area contributed by atoms with Gasteiger partial charge in [-0.25, -0.2) is 0 Å². The largest absolute Gasteiger partial charge is 0.497 e. The van der Waals surface area contributed by atoms with Gasteiger partial charge in [0, 0.05) is 10.5 Å².